The molecule has 1 unspecified atom stereocenters. The number of hydrogen-bond acceptors (Lipinski definition) is 2. The molecular weight excluding hydrogens is 248 g/mol. The number of anilines is 1. The van der Waals surface area contributed by atoms with Crippen molar-refractivity contribution >= 4 is 23.2 Å². The van der Waals surface area contributed by atoms with Crippen molar-refractivity contribution in [2.75, 3.05) is 11.9 Å². The molecule has 1 aromatic carbocycles. The number of carbonyl (C=O) groups is 1. The minimum absolute atomic E-state index is 0.0180. The first-order chi connectivity index (χ1) is 8.66. The van der Waals surface area contributed by atoms with Gasteiger partial charge < -0.3 is 10.6 Å². The summed E-state index contributed by atoms with van der Waals surface area (Å²) >= 11 is 6.08. The summed E-state index contributed by atoms with van der Waals surface area (Å²) in [5.74, 6) is 0.0180. The molecule has 1 aromatic rings. The van der Waals surface area contributed by atoms with Gasteiger partial charge >= 0.3 is 0 Å². The average Bonchev–Trinajstić information content (AvgIpc) is 2.62. The first kappa shape index (κ1) is 13.4. The van der Waals surface area contributed by atoms with E-state index in [1.165, 1.54) is 6.42 Å². The Morgan fingerprint density at radius 3 is 3.06 bits per heavy atom. The predicted molar refractivity (Wildman–Crippen MR) is 75.1 cm³/mol. The fourth-order valence-corrected chi connectivity index (χ4v) is 2.37. The van der Waals surface area contributed by atoms with Gasteiger partial charge in [-0.3, -0.25) is 4.79 Å². The van der Waals surface area contributed by atoms with E-state index < -0.39 is 0 Å². The molecule has 2 N–H and O–H groups in total. The Bertz CT molecular complexity index is 426. The van der Waals surface area contributed by atoms with E-state index in [2.05, 4.69) is 10.6 Å². The molecule has 1 heterocycles. The van der Waals surface area contributed by atoms with E-state index in [0.29, 0.717) is 10.7 Å². The third-order valence-corrected chi connectivity index (χ3v) is 3.59. The van der Waals surface area contributed by atoms with Crippen LogP contribution in [-0.2, 0) is 4.79 Å². The standard InChI is InChI=1S/C14H19ClN2O/c1-10-6-7-11(15)13(9-10)17-14(18)12-5-3-2-4-8-16-12/h6-7,9,12,16H,2-5,8H2,1H3,(H,17,18). The lowest BCUT2D eigenvalue weighted by molar-refractivity contribution is -0.118. The molecule has 1 atom stereocenters. The van der Waals surface area contributed by atoms with E-state index in [1.54, 1.807) is 0 Å². The van der Waals surface area contributed by atoms with Crippen LogP contribution in [0.2, 0.25) is 5.02 Å². The molecule has 98 valence electrons. The largest absolute Gasteiger partial charge is 0.323 e. The van der Waals surface area contributed by atoms with Crippen LogP contribution in [-0.4, -0.2) is 18.5 Å². The molecule has 1 amide bonds. The zero-order valence-corrected chi connectivity index (χ0v) is 11.4. The lowest BCUT2D eigenvalue weighted by Crippen LogP contribution is -2.39. The van der Waals surface area contributed by atoms with Gasteiger partial charge in [0.25, 0.3) is 0 Å². The van der Waals surface area contributed by atoms with E-state index in [4.69, 9.17) is 11.6 Å². The maximum absolute atomic E-state index is 12.2. The topological polar surface area (TPSA) is 41.1 Å². The molecule has 1 saturated heterocycles. The van der Waals surface area contributed by atoms with Crippen molar-refractivity contribution in [3.05, 3.63) is 28.8 Å². The number of halogens is 1. The highest BCUT2D eigenvalue weighted by Gasteiger charge is 2.20. The lowest BCUT2D eigenvalue weighted by Gasteiger charge is -2.16. The molecule has 1 fully saturated rings. The van der Waals surface area contributed by atoms with Gasteiger partial charge in [-0.25, -0.2) is 0 Å². The second kappa shape index (κ2) is 6.21. The predicted octanol–water partition coefficient (Wildman–Crippen LogP) is 3.12. The van der Waals surface area contributed by atoms with Crippen molar-refractivity contribution in [1.82, 2.24) is 5.32 Å². The number of benzene rings is 1. The minimum Gasteiger partial charge on any atom is -0.323 e. The zero-order chi connectivity index (χ0) is 13.0. The first-order valence-electron chi connectivity index (χ1n) is 6.47. The fraction of sp³-hybridized carbons (Fsp3) is 0.500. The van der Waals surface area contributed by atoms with E-state index >= 15 is 0 Å². The van der Waals surface area contributed by atoms with Crippen LogP contribution in [0, 0.1) is 6.92 Å². The maximum Gasteiger partial charge on any atom is 0.241 e. The monoisotopic (exact) mass is 266 g/mol. The summed E-state index contributed by atoms with van der Waals surface area (Å²) in [6, 6.07) is 5.55. The Kier molecular flexibility index (Phi) is 4.61. The Labute approximate surface area is 113 Å². The third kappa shape index (κ3) is 3.47. The molecule has 0 aromatic heterocycles. The fourth-order valence-electron chi connectivity index (χ4n) is 2.21. The Morgan fingerprint density at radius 1 is 1.39 bits per heavy atom. The number of nitrogens with one attached hydrogen (secondary N) is 2. The van der Waals surface area contributed by atoms with Crippen molar-refractivity contribution in [3.8, 4) is 0 Å². The van der Waals surface area contributed by atoms with Gasteiger partial charge in [-0.15, -0.1) is 0 Å². The van der Waals surface area contributed by atoms with Gasteiger partial charge in [-0.1, -0.05) is 30.5 Å². The Hall–Kier alpha value is -1.06. The Morgan fingerprint density at radius 2 is 2.22 bits per heavy atom. The normalized spacial score (nSPS) is 20.2. The second-order valence-electron chi connectivity index (χ2n) is 4.83. The summed E-state index contributed by atoms with van der Waals surface area (Å²) in [5, 5.41) is 6.78. The highest BCUT2D eigenvalue weighted by atomic mass is 35.5. The summed E-state index contributed by atoms with van der Waals surface area (Å²) in [6.45, 7) is 2.90. The molecule has 0 radical (unpaired) electrons. The molecule has 18 heavy (non-hydrogen) atoms. The van der Waals surface area contributed by atoms with Crippen molar-refractivity contribution in [3.63, 3.8) is 0 Å². The smallest absolute Gasteiger partial charge is 0.241 e. The summed E-state index contributed by atoms with van der Waals surface area (Å²) < 4.78 is 0. The molecule has 2 rings (SSSR count). The number of hydrogen-bond donors (Lipinski definition) is 2. The van der Waals surface area contributed by atoms with Gasteiger partial charge in [0.05, 0.1) is 16.8 Å². The van der Waals surface area contributed by atoms with Crippen LogP contribution in [0.1, 0.15) is 31.2 Å². The van der Waals surface area contributed by atoms with Gasteiger partial charge in [0.2, 0.25) is 5.91 Å². The average molecular weight is 267 g/mol. The van der Waals surface area contributed by atoms with Crippen LogP contribution in [0.3, 0.4) is 0 Å². The van der Waals surface area contributed by atoms with Crippen molar-refractivity contribution in [2.45, 2.75) is 38.6 Å². The van der Waals surface area contributed by atoms with Crippen LogP contribution in [0.25, 0.3) is 0 Å². The van der Waals surface area contributed by atoms with Gasteiger partial charge in [0, 0.05) is 0 Å². The highest BCUT2D eigenvalue weighted by molar-refractivity contribution is 6.33. The number of rotatable bonds is 2. The number of aryl methyl sites for hydroxylation is 1. The molecular formula is C14H19ClN2O. The van der Waals surface area contributed by atoms with Crippen LogP contribution in [0.15, 0.2) is 18.2 Å². The van der Waals surface area contributed by atoms with Crippen molar-refractivity contribution < 1.29 is 4.79 Å². The van der Waals surface area contributed by atoms with Crippen LogP contribution < -0.4 is 10.6 Å². The lowest BCUT2D eigenvalue weighted by atomic mass is 10.1. The van der Waals surface area contributed by atoms with Gasteiger partial charge in [0.1, 0.15) is 0 Å². The highest BCUT2D eigenvalue weighted by Crippen LogP contribution is 2.23. The zero-order valence-electron chi connectivity index (χ0n) is 10.6. The van der Waals surface area contributed by atoms with E-state index in [-0.39, 0.29) is 11.9 Å². The molecule has 3 nitrogen and oxygen atoms in total. The van der Waals surface area contributed by atoms with Crippen LogP contribution in [0.4, 0.5) is 5.69 Å². The van der Waals surface area contributed by atoms with Gasteiger partial charge in [-0.05, 0) is 44.0 Å². The van der Waals surface area contributed by atoms with Crippen LogP contribution >= 0.6 is 11.6 Å². The Balaban J connectivity index is 2.03. The minimum atomic E-state index is -0.0934. The summed E-state index contributed by atoms with van der Waals surface area (Å²) in [7, 11) is 0. The SMILES string of the molecule is Cc1ccc(Cl)c(NC(=O)C2CCCCCN2)c1. The number of amides is 1. The molecule has 0 saturated carbocycles. The summed E-state index contributed by atoms with van der Waals surface area (Å²) in [4.78, 5) is 12.2. The summed E-state index contributed by atoms with van der Waals surface area (Å²) in [6.07, 6.45) is 4.35. The molecule has 0 bridgehead atoms. The third-order valence-electron chi connectivity index (χ3n) is 3.26. The van der Waals surface area contributed by atoms with E-state index in [0.717, 1.165) is 31.4 Å². The number of carbonyl (C=O) groups excluding carboxylic acids is 1. The van der Waals surface area contributed by atoms with Gasteiger partial charge in [-0.2, -0.15) is 0 Å². The van der Waals surface area contributed by atoms with E-state index in [1.807, 2.05) is 25.1 Å². The maximum atomic E-state index is 12.2. The molecule has 0 spiro atoms. The second-order valence-corrected chi connectivity index (χ2v) is 5.24. The first-order valence-corrected chi connectivity index (χ1v) is 6.85. The van der Waals surface area contributed by atoms with Gasteiger partial charge in [0.15, 0.2) is 0 Å². The quantitative estimate of drug-likeness (QED) is 0.864. The molecule has 1 aliphatic heterocycles. The van der Waals surface area contributed by atoms with Crippen molar-refractivity contribution in [1.29, 1.82) is 0 Å². The molecule has 1 aliphatic rings. The molecule has 0 aliphatic carbocycles. The van der Waals surface area contributed by atoms with Crippen molar-refractivity contribution in [2.24, 2.45) is 0 Å². The molecule has 4 heteroatoms. The van der Waals surface area contributed by atoms with Crippen LogP contribution in [0.5, 0.6) is 0 Å². The summed E-state index contributed by atoms with van der Waals surface area (Å²) in [5.41, 5.74) is 1.79. The van der Waals surface area contributed by atoms with E-state index in [9.17, 15) is 4.79 Å².